The largest absolute Gasteiger partial charge is 0.467 e. The molecule has 0 spiro atoms. The molecule has 0 aromatic carbocycles. The van der Waals surface area contributed by atoms with Gasteiger partial charge in [-0.15, -0.1) is 0 Å². The Morgan fingerprint density at radius 2 is 1.85 bits per heavy atom. The summed E-state index contributed by atoms with van der Waals surface area (Å²) in [4.78, 5) is 12.4. The molecule has 0 aliphatic heterocycles. The fourth-order valence-corrected chi connectivity index (χ4v) is 5.18. The Hall–Kier alpha value is -1.29. The van der Waals surface area contributed by atoms with Gasteiger partial charge < -0.3 is 15.5 Å². The summed E-state index contributed by atoms with van der Waals surface area (Å²) >= 11 is 0. The number of furan rings is 1. The molecule has 4 aliphatic carbocycles. The molecule has 0 radical (unpaired) electrons. The van der Waals surface area contributed by atoms with E-state index < -0.39 is 0 Å². The van der Waals surface area contributed by atoms with E-state index in [4.69, 9.17) is 10.2 Å². The molecular formula is C16H22N2O2. The first kappa shape index (κ1) is 12.5. The van der Waals surface area contributed by atoms with Crippen molar-refractivity contribution in [3.8, 4) is 0 Å². The second kappa shape index (κ2) is 4.35. The average molecular weight is 274 g/mol. The Kier molecular flexibility index (Phi) is 2.71. The molecule has 4 fully saturated rings. The van der Waals surface area contributed by atoms with Crippen LogP contribution in [0.4, 0.5) is 0 Å². The third-order valence-corrected chi connectivity index (χ3v) is 5.53. The van der Waals surface area contributed by atoms with Crippen LogP contribution in [0.2, 0.25) is 0 Å². The first-order valence-electron chi connectivity index (χ1n) is 7.76. The van der Waals surface area contributed by atoms with E-state index >= 15 is 0 Å². The summed E-state index contributed by atoms with van der Waals surface area (Å²) in [6.45, 7) is 0.338. The van der Waals surface area contributed by atoms with Crippen LogP contribution in [0, 0.1) is 17.8 Å². The molecule has 108 valence electrons. The summed E-state index contributed by atoms with van der Waals surface area (Å²) in [6, 6.07) is 1.76. The van der Waals surface area contributed by atoms with E-state index in [1.165, 1.54) is 44.8 Å². The molecule has 4 heteroatoms. The van der Waals surface area contributed by atoms with Crippen molar-refractivity contribution in [2.45, 2.75) is 50.6 Å². The lowest BCUT2D eigenvalue weighted by Gasteiger charge is -2.56. The fraction of sp³-hybridized carbons (Fsp3) is 0.688. The number of carbonyl (C=O) groups excluding carboxylic acids is 1. The van der Waals surface area contributed by atoms with Crippen molar-refractivity contribution in [1.82, 2.24) is 5.32 Å². The van der Waals surface area contributed by atoms with E-state index in [9.17, 15) is 4.79 Å². The van der Waals surface area contributed by atoms with Crippen LogP contribution in [-0.4, -0.2) is 11.4 Å². The number of carbonyl (C=O) groups is 1. The Balaban J connectivity index is 1.52. The van der Waals surface area contributed by atoms with E-state index in [1.807, 2.05) is 0 Å². The predicted molar refractivity (Wildman–Crippen MR) is 75.0 cm³/mol. The van der Waals surface area contributed by atoms with E-state index in [1.54, 1.807) is 6.07 Å². The van der Waals surface area contributed by atoms with Gasteiger partial charge in [0.2, 0.25) is 0 Å². The standard InChI is InChI=1S/C16H22N2O2/c17-8-14-4-13(9-20-14)15(19)18-16-5-10-1-11(6-16)3-12(2-10)7-16/h4,9-12H,1-3,5-8,17H2,(H,18,19). The normalized spacial score (nSPS) is 38.1. The zero-order valence-electron chi connectivity index (χ0n) is 11.7. The molecule has 4 bridgehead atoms. The van der Waals surface area contributed by atoms with E-state index in [0.717, 1.165) is 17.8 Å². The van der Waals surface area contributed by atoms with Gasteiger partial charge in [-0.3, -0.25) is 4.79 Å². The summed E-state index contributed by atoms with van der Waals surface area (Å²) in [5.41, 5.74) is 6.20. The molecule has 0 unspecified atom stereocenters. The smallest absolute Gasteiger partial charge is 0.254 e. The maximum absolute atomic E-state index is 12.4. The van der Waals surface area contributed by atoms with Crippen molar-refractivity contribution in [3.63, 3.8) is 0 Å². The summed E-state index contributed by atoms with van der Waals surface area (Å²) in [6.07, 6.45) is 9.21. The summed E-state index contributed by atoms with van der Waals surface area (Å²) in [5.74, 6) is 3.19. The van der Waals surface area contributed by atoms with Gasteiger partial charge in [0.15, 0.2) is 0 Å². The van der Waals surface area contributed by atoms with Crippen LogP contribution in [-0.2, 0) is 6.54 Å². The third-order valence-electron chi connectivity index (χ3n) is 5.53. The number of hydrogen-bond donors (Lipinski definition) is 2. The molecule has 0 saturated heterocycles. The Morgan fingerprint density at radius 3 is 2.35 bits per heavy atom. The predicted octanol–water partition coefficient (Wildman–Crippen LogP) is 2.44. The van der Waals surface area contributed by atoms with Crippen molar-refractivity contribution in [1.29, 1.82) is 0 Å². The van der Waals surface area contributed by atoms with Gasteiger partial charge in [0.25, 0.3) is 5.91 Å². The van der Waals surface area contributed by atoms with Gasteiger partial charge in [-0.1, -0.05) is 0 Å². The van der Waals surface area contributed by atoms with Crippen molar-refractivity contribution < 1.29 is 9.21 Å². The Morgan fingerprint density at radius 1 is 1.25 bits per heavy atom. The van der Waals surface area contributed by atoms with Crippen LogP contribution < -0.4 is 11.1 Å². The molecule has 1 aromatic heterocycles. The van der Waals surface area contributed by atoms with E-state index in [0.29, 0.717) is 17.9 Å². The van der Waals surface area contributed by atoms with Gasteiger partial charge in [0.1, 0.15) is 12.0 Å². The van der Waals surface area contributed by atoms with Gasteiger partial charge in [-0.05, 0) is 62.3 Å². The molecule has 20 heavy (non-hydrogen) atoms. The minimum absolute atomic E-state index is 0.00963. The highest BCUT2D eigenvalue weighted by Gasteiger charge is 2.51. The number of nitrogens with one attached hydrogen (secondary N) is 1. The van der Waals surface area contributed by atoms with Gasteiger partial charge in [0, 0.05) is 5.54 Å². The zero-order valence-corrected chi connectivity index (χ0v) is 11.7. The van der Waals surface area contributed by atoms with Crippen molar-refractivity contribution in [2.24, 2.45) is 23.5 Å². The van der Waals surface area contributed by atoms with Gasteiger partial charge >= 0.3 is 0 Å². The Bertz CT molecular complexity index is 499. The van der Waals surface area contributed by atoms with Crippen molar-refractivity contribution in [3.05, 3.63) is 23.7 Å². The molecule has 3 N–H and O–H groups in total. The highest BCUT2D eigenvalue weighted by atomic mass is 16.3. The van der Waals surface area contributed by atoms with Gasteiger partial charge in [-0.25, -0.2) is 0 Å². The molecule has 1 heterocycles. The highest BCUT2D eigenvalue weighted by Crippen LogP contribution is 2.55. The summed E-state index contributed by atoms with van der Waals surface area (Å²) in [7, 11) is 0. The number of nitrogens with two attached hydrogens (primary N) is 1. The first-order chi connectivity index (χ1) is 9.66. The van der Waals surface area contributed by atoms with E-state index in [-0.39, 0.29) is 11.4 Å². The second-order valence-corrected chi connectivity index (χ2v) is 7.16. The topological polar surface area (TPSA) is 68.3 Å². The zero-order chi connectivity index (χ0) is 13.7. The molecular weight excluding hydrogens is 252 g/mol. The molecule has 5 rings (SSSR count). The SMILES string of the molecule is NCc1cc(C(=O)NC23CC4CC(CC(C4)C2)C3)co1. The van der Waals surface area contributed by atoms with E-state index in [2.05, 4.69) is 5.32 Å². The molecule has 4 aliphatic rings. The quantitative estimate of drug-likeness (QED) is 0.889. The minimum atomic E-state index is 0.00963. The van der Waals surface area contributed by atoms with Gasteiger partial charge in [-0.2, -0.15) is 0 Å². The minimum Gasteiger partial charge on any atom is -0.467 e. The summed E-state index contributed by atoms with van der Waals surface area (Å²) < 4.78 is 5.27. The van der Waals surface area contributed by atoms with Crippen LogP contribution in [0.1, 0.15) is 54.6 Å². The first-order valence-corrected chi connectivity index (χ1v) is 7.76. The highest BCUT2D eigenvalue weighted by molar-refractivity contribution is 5.94. The molecule has 4 nitrogen and oxygen atoms in total. The number of hydrogen-bond acceptors (Lipinski definition) is 3. The number of amides is 1. The third kappa shape index (κ3) is 1.97. The monoisotopic (exact) mass is 274 g/mol. The number of rotatable bonds is 3. The average Bonchev–Trinajstić information content (AvgIpc) is 2.85. The lowest BCUT2D eigenvalue weighted by Crippen LogP contribution is -2.59. The molecule has 1 aromatic rings. The lowest BCUT2D eigenvalue weighted by atomic mass is 9.53. The van der Waals surface area contributed by atoms with Crippen molar-refractivity contribution in [2.75, 3.05) is 0 Å². The molecule has 1 amide bonds. The lowest BCUT2D eigenvalue weighted by molar-refractivity contribution is -0.0167. The molecule has 4 saturated carbocycles. The van der Waals surface area contributed by atoms with Crippen molar-refractivity contribution >= 4 is 5.91 Å². The second-order valence-electron chi connectivity index (χ2n) is 7.16. The Labute approximate surface area is 119 Å². The van der Waals surface area contributed by atoms with Crippen LogP contribution >= 0.6 is 0 Å². The van der Waals surface area contributed by atoms with Crippen LogP contribution in [0.15, 0.2) is 16.7 Å². The van der Waals surface area contributed by atoms with Crippen LogP contribution in [0.3, 0.4) is 0 Å². The van der Waals surface area contributed by atoms with Crippen LogP contribution in [0.25, 0.3) is 0 Å². The van der Waals surface area contributed by atoms with Gasteiger partial charge in [0.05, 0.1) is 12.1 Å². The summed E-state index contributed by atoms with van der Waals surface area (Å²) in [5, 5.41) is 3.34. The maximum atomic E-state index is 12.4. The fourth-order valence-electron chi connectivity index (χ4n) is 5.18. The van der Waals surface area contributed by atoms with Crippen LogP contribution in [0.5, 0.6) is 0 Å². The molecule has 0 atom stereocenters. The maximum Gasteiger partial charge on any atom is 0.254 e.